The maximum absolute atomic E-state index is 12.9. The number of benzene rings is 2. The third-order valence-corrected chi connectivity index (χ3v) is 3.44. The van der Waals surface area contributed by atoms with Crippen LogP contribution >= 0.6 is 0 Å². The maximum atomic E-state index is 12.9. The number of rotatable bonds is 6. The van der Waals surface area contributed by atoms with Crippen LogP contribution in [0.15, 0.2) is 60.9 Å². The molecule has 4 nitrogen and oxygen atoms in total. The minimum Gasteiger partial charge on any atom is -0.366 e. The topological polar surface area (TPSA) is 49.8 Å². The summed E-state index contributed by atoms with van der Waals surface area (Å²) < 4.78 is 25.8. The Kier molecular flexibility index (Phi) is 4.96. The summed E-state index contributed by atoms with van der Waals surface area (Å²) in [5, 5.41) is 6.33. The molecule has 0 aliphatic rings. The molecule has 0 aliphatic carbocycles. The van der Waals surface area contributed by atoms with E-state index in [1.807, 2.05) is 0 Å². The van der Waals surface area contributed by atoms with Gasteiger partial charge in [-0.15, -0.1) is 0 Å². The zero-order chi connectivity index (χ0) is 16.8. The van der Waals surface area contributed by atoms with Crippen molar-refractivity contribution in [3.63, 3.8) is 0 Å². The molecule has 0 radical (unpaired) electrons. The highest BCUT2D eigenvalue weighted by Crippen LogP contribution is 2.12. The van der Waals surface area contributed by atoms with Gasteiger partial charge in [0.05, 0.1) is 0 Å². The van der Waals surface area contributed by atoms with Crippen molar-refractivity contribution in [2.45, 2.75) is 13.1 Å². The van der Waals surface area contributed by atoms with Gasteiger partial charge in [-0.25, -0.2) is 18.7 Å². The van der Waals surface area contributed by atoms with Crippen LogP contribution in [-0.2, 0) is 13.1 Å². The molecule has 3 aromatic rings. The number of nitrogens with zero attached hydrogens (tertiary/aromatic N) is 2. The number of aromatic nitrogens is 2. The fourth-order valence-corrected chi connectivity index (χ4v) is 2.14. The van der Waals surface area contributed by atoms with Gasteiger partial charge in [-0.1, -0.05) is 24.3 Å². The highest BCUT2D eigenvalue weighted by molar-refractivity contribution is 5.47. The van der Waals surface area contributed by atoms with Gasteiger partial charge in [-0.05, 0) is 35.4 Å². The van der Waals surface area contributed by atoms with E-state index in [0.717, 1.165) is 11.1 Å². The smallest absolute Gasteiger partial charge is 0.131 e. The minimum absolute atomic E-state index is 0.256. The molecule has 0 unspecified atom stereocenters. The lowest BCUT2D eigenvalue weighted by atomic mass is 10.2. The maximum Gasteiger partial charge on any atom is 0.131 e. The van der Waals surface area contributed by atoms with Gasteiger partial charge in [-0.2, -0.15) is 0 Å². The van der Waals surface area contributed by atoms with Crippen molar-refractivity contribution in [1.29, 1.82) is 0 Å². The highest BCUT2D eigenvalue weighted by atomic mass is 19.1. The Hall–Kier alpha value is -3.02. The summed E-state index contributed by atoms with van der Waals surface area (Å²) in [6, 6.07) is 14.4. The second-order valence-corrected chi connectivity index (χ2v) is 5.25. The molecule has 1 aromatic heterocycles. The van der Waals surface area contributed by atoms with Crippen molar-refractivity contribution in [2.75, 3.05) is 10.6 Å². The van der Waals surface area contributed by atoms with Crippen LogP contribution in [0.2, 0.25) is 0 Å². The van der Waals surface area contributed by atoms with Crippen molar-refractivity contribution in [3.05, 3.63) is 83.7 Å². The Morgan fingerprint density at radius 3 is 1.50 bits per heavy atom. The van der Waals surface area contributed by atoms with Crippen molar-refractivity contribution in [1.82, 2.24) is 9.97 Å². The number of halogens is 2. The van der Waals surface area contributed by atoms with Crippen LogP contribution in [0.1, 0.15) is 11.1 Å². The van der Waals surface area contributed by atoms with Crippen LogP contribution < -0.4 is 10.6 Å². The molecule has 0 saturated heterocycles. The quantitative estimate of drug-likeness (QED) is 0.719. The fourth-order valence-electron chi connectivity index (χ4n) is 2.14. The summed E-state index contributed by atoms with van der Waals surface area (Å²) in [6.07, 6.45) is 1.46. The Morgan fingerprint density at radius 2 is 1.08 bits per heavy atom. The lowest BCUT2D eigenvalue weighted by Gasteiger charge is -2.09. The molecule has 0 spiro atoms. The van der Waals surface area contributed by atoms with E-state index < -0.39 is 0 Å². The molecule has 2 N–H and O–H groups in total. The first-order valence-corrected chi connectivity index (χ1v) is 7.48. The Labute approximate surface area is 138 Å². The van der Waals surface area contributed by atoms with E-state index in [0.29, 0.717) is 24.7 Å². The van der Waals surface area contributed by atoms with Crippen molar-refractivity contribution >= 4 is 11.6 Å². The van der Waals surface area contributed by atoms with Gasteiger partial charge in [-0.3, -0.25) is 0 Å². The number of hydrogen-bond acceptors (Lipinski definition) is 4. The standard InChI is InChI=1S/C18H16F2N4/c19-15-5-1-13(2-6-15)10-21-17-9-18(24-12-23-17)22-11-14-3-7-16(20)8-4-14/h1-9,12H,10-11H2,(H2,21,22,23,24). The lowest BCUT2D eigenvalue weighted by molar-refractivity contribution is 0.626. The fraction of sp³-hybridized carbons (Fsp3) is 0.111. The molecule has 122 valence electrons. The molecular weight excluding hydrogens is 310 g/mol. The summed E-state index contributed by atoms with van der Waals surface area (Å²) in [6.45, 7) is 1.07. The van der Waals surface area contributed by atoms with Crippen LogP contribution in [0.4, 0.5) is 20.4 Å². The van der Waals surface area contributed by atoms with Crippen molar-refractivity contribution in [3.8, 4) is 0 Å². The summed E-state index contributed by atoms with van der Waals surface area (Å²) in [5.74, 6) is 0.813. The van der Waals surface area contributed by atoms with E-state index in [-0.39, 0.29) is 11.6 Å². The Morgan fingerprint density at radius 1 is 0.667 bits per heavy atom. The summed E-state index contributed by atoms with van der Waals surface area (Å²) >= 11 is 0. The first kappa shape index (κ1) is 15.9. The summed E-state index contributed by atoms with van der Waals surface area (Å²) in [5.41, 5.74) is 1.91. The van der Waals surface area contributed by atoms with Crippen LogP contribution in [0.5, 0.6) is 0 Å². The van der Waals surface area contributed by atoms with E-state index >= 15 is 0 Å². The molecule has 0 amide bonds. The predicted octanol–water partition coefficient (Wildman–Crippen LogP) is 3.98. The lowest BCUT2D eigenvalue weighted by Crippen LogP contribution is -2.05. The first-order valence-electron chi connectivity index (χ1n) is 7.48. The molecule has 24 heavy (non-hydrogen) atoms. The molecule has 0 atom stereocenters. The van der Waals surface area contributed by atoms with Crippen LogP contribution in [-0.4, -0.2) is 9.97 Å². The third kappa shape index (κ3) is 4.49. The molecule has 0 bridgehead atoms. The Bertz CT molecular complexity index is 724. The predicted molar refractivity (Wildman–Crippen MR) is 89.5 cm³/mol. The molecule has 1 heterocycles. The van der Waals surface area contributed by atoms with E-state index in [1.54, 1.807) is 30.3 Å². The van der Waals surface area contributed by atoms with Gasteiger partial charge in [0, 0.05) is 19.2 Å². The second kappa shape index (κ2) is 7.50. The molecule has 3 rings (SSSR count). The first-order chi connectivity index (χ1) is 11.7. The molecule has 0 aliphatic heterocycles. The van der Waals surface area contributed by atoms with E-state index in [9.17, 15) is 8.78 Å². The number of anilines is 2. The monoisotopic (exact) mass is 326 g/mol. The molecule has 0 saturated carbocycles. The van der Waals surface area contributed by atoms with E-state index in [1.165, 1.54) is 30.6 Å². The number of hydrogen-bond donors (Lipinski definition) is 2. The van der Waals surface area contributed by atoms with Crippen LogP contribution in [0.25, 0.3) is 0 Å². The van der Waals surface area contributed by atoms with Gasteiger partial charge in [0.1, 0.15) is 29.6 Å². The van der Waals surface area contributed by atoms with Gasteiger partial charge in [0.15, 0.2) is 0 Å². The normalized spacial score (nSPS) is 10.4. The molecule has 6 heteroatoms. The van der Waals surface area contributed by atoms with E-state index in [4.69, 9.17) is 0 Å². The van der Waals surface area contributed by atoms with Gasteiger partial charge in [0.25, 0.3) is 0 Å². The summed E-state index contributed by atoms with van der Waals surface area (Å²) in [7, 11) is 0. The highest BCUT2D eigenvalue weighted by Gasteiger charge is 2.00. The number of nitrogens with one attached hydrogen (secondary N) is 2. The second-order valence-electron chi connectivity index (χ2n) is 5.25. The molecular formula is C18H16F2N4. The zero-order valence-corrected chi connectivity index (χ0v) is 12.8. The van der Waals surface area contributed by atoms with Crippen molar-refractivity contribution in [2.24, 2.45) is 0 Å². The van der Waals surface area contributed by atoms with Gasteiger partial charge >= 0.3 is 0 Å². The zero-order valence-electron chi connectivity index (χ0n) is 12.8. The van der Waals surface area contributed by atoms with E-state index in [2.05, 4.69) is 20.6 Å². The third-order valence-electron chi connectivity index (χ3n) is 3.44. The van der Waals surface area contributed by atoms with Gasteiger partial charge < -0.3 is 10.6 Å². The minimum atomic E-state index is -0.256. The van der Waals surface area contributed by atoms with Crippen LogP contribution in [0.3, 0.4) is 0 Å². The average Bonchev–Trinajstić information content (AvgIpc) is 2.61. The SMILES string of the molecule is Fc1ccc(CNc2cc(NCc3ccc(F)cc3)ncn2)cc1. The Balaban J connectivity index is 1.57. The average molecular weight is 326 g/mol. The van der Waals surface area contributed by atoms with Crippen LogP contribution in [0, 0.1) is 11.6 Å². The molecule has 0 fully saturated rings. The largest absolute Gasteiger partial charge is 0.366 e. The summed E-state index contributed by atoms with van der Waals surface area (Å²) in [4.78, 5) is 8.31. The van der Waals surface area contributed by atoms with Crippen molar-refractivity contribution < 1.29 is 8.78 Å². The molecule has 2 aromatic carbocycles. The van der Waals surface area contributed by atoms with Gasteiger partial charge in [0.2, 0.25) is 0 Å².